The van der Waals surface area contributed by atoms with E-state index in [2.05, 4.69) is 6.92 Å². The summed E-state index contributed by atoms with van der Waals surface area (Å²) < 4.78 is 31.8. The van der Waals surface area contributed by atoms with E-state index in [1.165, 1.54) is 57.4 Å². The van der Waals surface area contributed by atoms with Crippen LogP contribution >= 0.6 is 0 Å². The number of aliphatic hydroxyl groups is 1. The third-order valence-electron chi connectivity index (χ3n) is 4.41. The molecule has 0 spiro atoms. The van der Waals surface area contributed by atoms with Crippen LogP contribution in [0.25, 0.3) is 0 Å². The van der Waals surface area contributed by atoms with E-state index >= 15 is 0 Å². The Balaban J connectivity index is 0.00000119. The smallest absolute Gasteiger partial charge is 0.294 e. The molecule has 4 N–H and O–H groups in total. The van der Waals surface area contributed by atoms with E-state index in [-0.39, 0.29) is 11.5 Å². The number of unbranched alkanes of at least 4 members (excludes halogenated alkanes) is 9. The molecule has 0 bridgehead atoms. The Hall–Kier alpha value is -0.950. The van der Waals surface area contributed by atoms with E-state index in [0.717, 1.165) is 24.8 Å². The molecule has 5 nitrogen and oxygen atoms in total. The number of hydrogen-bond donors (Lipinski definition) is 3. The molecular formula is C21H39NO4S. The van der Waals surface area contributed by atoms with Gasteiger partial charge in [0.1, 0.15) is 0 Å². The van der Waals surface area contributed by atoms with Gasteiger partial charge < -0.3 is 10.8 Å². The van der Waals surface area contributed by atoms with Gasteiger partial charge in [-0.3, -0.25) is 4.55 Å². The first-order valence-electron chi connectivity index (χ1n) is 10.3. The Morgan fingerprint density at radius 3 is 1.81 bits per heavy atom. The molecule has 0 amide bonds. The molecule has 0 unspecified atom stereocenters. The number of aryl methyl sites for hydroxylation is 1. The van der Waals surface area contributed by atoms with Crippen molar-refractivity contribution in [2.75, 3.05) is 13.2 Å². The number of aliphatic hydroxyl groups excluding tert-OH is 1. The van der Waals surface area contributed by atoms with Crippen LogP contribution in [0, 0.1) is 0 Å². The maximum absolute atomic E-state index is 11.3. The summed E-state index contributed by atoms with van der Waals surface area (Å²) in [6.07, 6.45) is 14.0. The SMILES string of the molecule is CCCCCCCCCCCCc1ccccc1S(=O)(=O)O.NCCCO. The molecule has 6 heteroatoms. The summed E-state index contributed by atoms with van der Waals surface area (Å²) in [5.74, 6) is 0. The zero-order valence-electron chi connectivity index (χ0n) is 16.9. The summed E-state index contributed by atoms with van der Waals surface area (Å²) in [6, 6.07) is 6.73. The van der Waals surface area contributed by atoms with Crippen molar-refractivity contribution < 1.29 is 18.1 Å². The average molecular weight is 402 g/mol. The molecule has 0 saturated carbocycles. The van der Waals surface area contributed by atoms with Crippen molar-refractivity contribution in [2.24, 2.45) is 5.73 Å². The van der Waals surface area contributed by atoms with Crippen LogP contribution in [0.2, 0.25) is 0 Å². The molecule has 0 aliphatic heterocycles. The Kier molecular flexibility index (Phi) is 16.6. The van der Waals surface area contributed by atoms with Gasteiger partial charge in [0.05, 0.1) is 4.90 Å². The van der Waals surface area contributed by atoms with Crippen molar-refractivity contribution in [3.8, 4) is 0 Å². The lowest BCUT2D eigenvalue weighted by Crippen LogP contribution is -2.03. The lowest BCUT2D eigenvalue weighted by Gasteiger charge is -2.07. The lowest BCUT2D eigenvalue weighted by molar-refractivity contribution is 0.291. The lowest BCUT2D eigenvalue weighted by atomic mass is 10.0. The minimum Gasteiger partial charge on any atom is -0.396 e. The standard InChI is InChI=1S/C18H30O3S.C3H9NO/c1-2-3-4-5-6-7-8-9-10-11-14-17-15-12-13-16-18(17)22(19,20)21;4-2-1-3-5/h12-13,15-16H,2-11,14H2,1H3,(H,19,20,21);5H,1-4H2. The maximum Gasteiger partial charge on any atom is 0.294 e. The summed E-state index contributed by atoms with van der Waals surface area (Å²) in [5.41, 5.74) is 5.71. The van der Waals surface area contributed by atoms with Gasteiger partial charge in [0, 0.05) is 6.61 Å². The summed E-state index contributed by atoms with van der Waals surface area (Å²) in [6.45, 7) is 3.05. The molecule has 0 atom stereocenters. The fraction of sp³-hybridized carbons (Fsp3) is 0.714. The van der Waals surface area contributed by atoms with Crippen LogP contribution in [-0.4, -0.2) is 31.2 Å². The third kappa shape index (κ3) is 14.7. The largest absolute Gasteiger partial charge is 0.396 e. The normalized spacial score (nSPS) is 11.1. The van der Waals surface area contributed by atoms with E-state index in [1.807, 2.05) is 6.07 Å². The van der Waals surface area contributed by atoms with Crippen molar-refractivity contribution >= 4 is 10.1 Å². The van der Waals surface area contributed by atoms with Crippen LogP contribution in [0.15, 0.2) is 29.2 Å². The summed E-state index contributed by atoms with van der Waals surface area (Å²) >= 11 is 0. The maximum atomic E-state index is 11.3. The van der Waals surface area contributed by atoms with Gasteiger partial charge in [-0.15, -0.1) is 0 Å². The first kappa shape index (κ1) is 26.1. The second kappa shape index (κ2) is 17.2. The van der Waals surface area contributed by atoms with Crippen molar-refractivity contribution in [3.63, 3.8) is 0 Å². The Labute approximate surface area is 166 Å². The minimum absolute atomic E-state index is 0.0610. The highest BCUT2D eigenvalue weighted by Crippen LogP contribution is 2.18. The highest BCUT2D eigenvalue weighted by Gasteiger charge is 2.13. The number of hydrogen-bond acceptors (Lipinski definition) is 4. The molecular weight excluding hydrogens is 362 g/mol. The van der Waals surface area contributed by atoms with Crippen molar-refractivity contribution in [2.45, 2.75) is 88.9 Å². The van der Waals surface area contributed by atoms with Crippen LogP contribution in [0.4, 0.5) is 0 Å². The first-order valence-corrected chi connectivity index (χ1v) is 11.8. The second-order valence-electron chi connectivity index (χ2n) is 6.88. The monoisotopic (exact) mass is 401 g/mol. The van der Waals surface area contributed by atoms with E-state index in [1.54, 1.807) is 12.1 Å². The topological polar surface area (TPSA) is 101 Å². The van der Waals surface area contributed by atoms with Crippen LogP contribution in [0.5, 0.6) is 0 Å². The van der Waals surface area contributed by atoms with Crippen LogP contribution in [0.1, 0.15) is 83.1 Å². The Morgan fingerprint density at radius 2 is 1.37 bits per heavy atom. The van der Waals surface area contributed by atoms with E-state index in [0.29, 0.717) is 13.0 Å². The molecule has 27 heavy (non-hydrogen) atoms. The molecule has 0 aliphatic carbocycles. The van der Waals surface area contributed by atoms with Crippen LogP contribution in [-0.2, 0) is 16.5 Å². The molecule has 1 rings (SSSR count). The fourth-order valence-corrected chi connectivity index (χ4v) is 3.61. The van der Waals surface area contributed by atoms with Gasteiger partial charge >= 0.3 is 0 Å². The molecule has 0 aromatic heterocycles. The van der Waals surface area contributed by atoms with Gasteiger partial charge in [-0.2, -0.15) is 8.42 Å². The molecule has 0 fully saturated rings. The van der Waals surface area contributed by atoms with Gasteiger partial charge in [0.2, 0.25) is 0 Å². The molecule has 0 heterocycles. The molecule has 1 aromatic carbocycles. The summed E-state index contributed by atoms with van der Waals surface area (Å²) in [7, 11) is -4.10. The van der Waals surface area contributed by atoms with Gasteiger partial charge in [0.15, 0.2) is 0 Å². The molecule has 0 aliphatic rings. The van der Waals surface area contributed by atoms with E-state index in [9.17, 15) is 13.0 Å². The molecule has 0 saturated heterocycles. The van der Waals surface area contributed by atoms with Crippen molar-refractivity contribution in [3.05, 3.63) is 29.8 Å². The molecule has 158 valence electrons. The molecule has 1 aromatic rings. The van der Waals surface area contributed by atoms with Crippen molar-refractivity contribution in [1.82, 2.24) is 0 Å². The van der Waals surface area contributed by atoms with Crippen molar-refractivity contribution in [1.29, 1.82) is 0 Å². The van der Waals surface area contributed by atoms with Crippen LogP contribution < -0.4 is 5.73 Å². The van der Waals surface area contributed by atoms with Gasteiger partial charge in [-0.1, -0.05) is 82.9 Å². The highest BCUT2D eigenvalue weighted by molar-refractivity contribution is 7.85. The fourth-order valence-electron chi connectivity index (χ4n) is 2.86. The van der Waals surface area contributed by atoms with E-state index < -0.39 is 10.1 Å². The van der Waals surface area contributed by atoms with Crippen LogP contribution in [0.3, 0.4) is 0 Å². The number of nitrogens with two attached hydrogens (primary N) is 1. The van der Waals surface area contributed by atoms with Gasteiger partial charge in [-0.05, 0) is 37.4 Å². The predicted octanol–water partition coefficient (Wildman–Crippen LogP) is 4.72. The zero-order valence-corrected chi connectivity index (χ0v) is 17.7. The average Bonchev–Trinajstić information content (AvgIpc) is 2.64. The van der Waals surface area contributed by atoms with Gasteiger partial charge in [-0.25, -0.2) is 0 Å². The van der Waals surface area contributed by atoms with Gasteiger partial charge in [0.25, 0.3) is 10.1 Å². The number of benzene rings is 1. The minimum atomic E-state index is -4.10. The second-order valence-corrected chi connectivity index (χ2v) is 8.27. The first-order chi connectivity index (χ1) is 13.0. The molecule has 0 radical (unpaired) electrons. The highest BCUT2D eigenvalue weighted by atomic mass is 32.2. The summed E-state index contributed by atoms with van der Waals surface area (Å²) in [4.78, 5) is 0.0610. The Morgan fingerprint density at radius 1 is 0.852 bits per heavy atom. The third-order valence-corrected chi connectivity index (χ3v) is 5.37. The number of rotatable bonds is 14. The van der Waals surface area contributed by atoms with E-state index in [4.69, 9.17) is 10.8 Å². The quantitative estimate of drug-likeness (QED) is 0.309. The zero-order chi connectivity index (χ0) is 20.4. The Bertz CT molecular complexity index is 559. The summed E-state index contributed by atoms with van der Waals surface area (Å²) in [5, 5.41) is 7.99. The predicted molar refractivity (Wildman–Crippen MR) is 113 cm³/mol.